The summed E-state index contributed by atoms with van der Waals surface area (Å²) >= 11 is 6.00. The number of anilines is 1. The number of benzene rings is 3. The number of amides is 2. The van der Waals surface area contributed by atoms with E-state index in [0.717, 1.165) is 9.87 Å². The number of nitrogens with zero attached hydrogens (tertiary/aromatic N) is 2. The van der Waals surface area contributed by atoms with Crippen molar-refractivity contribution in [3.63, 3.8) is 0 Å². The molecular formula is C29H34ClN3O5S. The summed E-state index contributed by atoms with van der Waals surface area (Å²) in [6.45, 7) is 5.38. The van der Waals surface area contributed by atoms with Gasteiger partial charge >= 0.3 is 0 Å². The lowest BCUT2D eigenvalue weighted by Gasteiger charge is -2.33. The third kappa shape index (κ3) is 7.30. The Morgan fingerprint density at radius 2 is 1.69 bits per heavy atom. The molecule has 1 atom stereocenters. The van der Waals surface area contributed by atoms with E-state index in [9.17, 15) is 18.0 Å². The molecule has 10 heteroatoms. The van der Waals surface area contributed by atoms with Crippen LogP contribution in [0.4, 0.5) is 5.69 Å². The second kappa shape index (κ2) is 13.5. The number of aryl methyl sites for hydroxylation is 1. The van der Waals surface area contributed by atoms with Crippen LogP contribution in [0.1, 0.15) is 31.4 Å². The van der Waals surface area contributed by atoms with E-state index in [1.807, 2.05) is 13.0 Å². The summed E-state index contributed by atoms with van der Waals surface area (Å²) in [6.07, 6.45) is 0.343. The van der Waals surface area contributed by atoms with Gasteiger partial charge in [-0.05, 0) is 73.9 Å². The highest BCUT2D eigenvalue weighted by atomic mass is 35.5. The largest absolute Gasteiger partial charge is 0.497 e. The van der Waals surface area contributed by atoms with Crippen molar-refractivity contribution < 1.29 is 22.7 Å². The molecule has 8 nitrogen and oxygen atoms in total. The van der Waals surface area contributed by atoms with E-state index in [4.69, 9.17) is 16.3 Å². The molecule has 0 spiro atoms. The lowest BCUT2D eigenvalue weighted by molar-refractivity contribution is -0.140. The van der Waals surface area contributed by atoms with Crippen molar-refractivity contribution in [1.29, 1.82) is 0 Å². The summed E-state index contributed by atoms with van der Waals surface area (Å²) in [7, 11) is -2.61. The molecule has 3 rings (SSSR count). The highest BCUT2D eigenvalue weighted by Gasteiger charge is 2.34. The third-order valence-electron chi connectivity index (χ3n) is 6.29. The Kier molecular flexibility index (Phi) is 10.4. The van der Waals surface area contributed by atoms with Crippen molar-refractivity contribution in [3.8, 4) is 5.75 Å². The predicted octanol–water partition coefficient (Wildman–Crippen LogP) is 4.80. The predicted molar refractivity (Wildman–Crippen MR) is 153 cm³/mol. The fraction of sp³-hybridized carbons (Fsp3) is 0.310. The van der Waals surface area contributed by atoms with Gasteiger partial charge in [-0.2, -0.15) is 0 Å². The van der Waals surface area contributed by atoms with Gasteiger partial charge in [0.05, 0.1) is 17.7 Å². The van der Waals surface area contributed by atoms with E-state index in [1.54, 1.807) is 63.4 Å². The molecule has 0 saturated heterocycles. The summed E-state index contributed by atoms with van der Waals surface area (Å²) in [5.74, 6) is -0.214. The molecule has 208 valence electrons. The standard InChI is InChI=1S/C29H34ClN3O5S/c1-5-26(29(35)31-6-2)32(19-22-11-9-12-24(18-22)38-4)28(34)20-33(27-13-8-7-10-21(27)3)39(36,37)25-16-14-23(30)15-17-25/h7-18,26H,5-6,19-20H2,1-4H3,(H,31,35)/t26-/m0/s1. The molecule has 0 unspecified atom stereocenters. The van der Waals surface area contributed by atoms with E-state index in [1.165, 1.54) is 29.2 Å². The number of carbonyl (C=O) groups is 2. The van der Waals surface area contributed by atoms with Crippen molar-refractivity contribution in [2.75, 3.05) is 24.5 Å². The van der Waals surface area contributed by atoms with E-state index >= 15 is 0 Å². The Morgan fingerprint density at radius 1 is 1.00 bits per heavy atom. The molecule has 0 bridgehead atoms. The summed E-state index contributed by atoms with van der Waals surface area (Å²) in [4.78, 5) is 28.5. The maximum Gasteiger partial charge on any atom is 0.264 e. The number of nitrogens with one attached hydrogen (secondary N) is 1. The Hall–Kier alpha value is -3.56. The van der Waals surface area contributed by atoms with Crippen LogP contribution < -0.4 is 14.4 Å². The van der Waals surface area contributed by atoms with Gasteiger partial charge in [0.15, 0.2) is 0 Å². The number of para-hydroxylation sites is 1. The monoisotopic (exact) mass is 571 g/mol. The van der Waals surface area contributed by atoms with E-state index in [2.05, 4.69) is 5.32 Å². The number of sulfonamides is 1. The van der Waals surface area contributed by atoms with Gasteiger partial charge in [0.2, 0.25) is 11.8 Å². The average Bonchev–Trinajstić information content (AvgIpc) is 2.92. The highest BCUT2D eigenvalue weighted by molar-refractivity contribution is 7.92. The first kappa shape index (κ1) is 30.0. The first-order valence-electron chi connectivity index (χ1n) is 12.7. The number of carbonyl (C=O) groups excluding carboxylic acids is 2. The maximum atomic E-state index is 14.0. The van der Waals surface area contributed by atoms with Crippen LogP contribution in [-0.4, -0.2) is 51.4 Å². The molecular weight excluding hydrogens is 538 g/mol. The molecule has 0 radical (unpaired) electrons. The Morgan fingerprint density at radius 3 is 2.31 bits per heavy atom. The molecule has 0 fully saturated rings. The highest BCUT2D eigenvalue weighted by Crippen LogP contribution is 2.28. The van der Waals surface area contributed by atoms with Gasteiger partial charge < -0.3 is 15.0 Å². The van der Waals surface area contributed by atoms with Crippen molar-refractivity contribution in [3.05, 3.63) is 88.9 Å². The number of halogens is 1. The molecule has 0 aliphatic carbocycles. The molecule has 2 amide bonds. The third-order valence-corrected chi connectivity index (χ3v) is 8.31. The summed E-state index contributed by atoms with van der Waals surface area (Å²) in [5.41, 5.74) is 1.79. The van der Waals surface area contributed by atoms with Crippen molar-refractivity contribution >= 4 is 39.1 Å². The average molecular weight is 572 g/mol. The van der Waals surface area contributed by atoms with Crippen molar-refractivity contribution in [1.82, 2.24) is 10.2 Å². The van der Waals surface area contributed by atoms with E-state index in [0.29, 0.717) is 35.0 Å². The van der Waals surface area contributed by atoms with Gasteiger partial charge in [-0.3, -0.25) is 13.9 Å². The van der Waals surface area contributed by atoms with Crippen molar-refractivity contribution in [2.45, 2.75) is 44.7 Å². The number of rotatable bonds is 12. The van der Waals surface area contributed by atoms with Gasteiger partial charge in [0.25, 0.3) is 10.0 Å². The maximum absolute atomic E-state index is 14.0. The zero-order valence-electron chi connectivity index (χ0n) is 22.6. The number of methoxy groups -OCH3 is 1. The first-order valence-corrected chi connectivity index (χ1v) is 14.5. The molecule has 0 aliphatic rings. The van der Waals surface area contributed by atoms with Gasteiger partial charge in [-0.1, -0.05) is 48.9 Å². The SMILES string of the molecule is CCNC(=O)[C@H](CC)N(Cc1cccc(OC)c1)C(=O)CN(c1ccccc1C)S(=O)(=O)c1ccc(Cl)cc1. The van der Waals surface area contributed by atoms with Crippen molar-refractivity contribution in [2.24, 2.45) is 0 Å². The Labute approximate surface area is 235 Å². The lowest BCUT2D eigenvalue weighted by Crippen LogP contribution is -2.52. The van der Waals surface area contributed by atoms with Crippen LogP contribution in [-0.2, 0) is 26.2 Å². The minimum Gasteiger partial charge on any atom is -0.497 e. The van der Waals surface area contributed by atoms with Gasteiger partial charge in [-0.15, -0.1) is 0 Å². The Bertz CT molecular complexity index is 1400. The number of likely N-dealkylation sites (N-methyl/N-ethyl adjacent to an activating group) is 1. The lowest BCUT2D eigenvalue weighted by atomic mass is 10.1. The molecule has 0 heterocycles. The fourth-order valence-electron chi connectivity index (χ4n) is 4.27. The molecule has 0 aromatic heterocycles. The molecule has 3 aromatic rings. The second-order valence-electron chi connectivity index (χ2n) is 8.94. The zero-order valence-corrected chi connectivity index (χ0v) is 24.1. The quantitative estimate of drug-likeness (QED) is 0.337. The fourth-order valence-corrected chi connectivity index (χ4v) is 5.87. The van der Waals surface area contributed by atoms with Gasteiger partial charge in [0.1, 0.15) is 18.3 Å². The zero-order chi connectivity index (χ0) is 28.6. The normalized spacial score (nSPS) is 11.9. The minimum atomic E-state index is -4.16. The number of ether oxygens (including phenoxy) is 1. The van der Waals surface area contributed by atoms with Crippen LogP contribution in [0, 0.1) is 6.92 Å². The van der Waals surface area contributed by atoms with Crippen LogP contribution in [0.3, 0.4) is 0 Å². The van der Waals surface area contributed by atoms with E-state index < -0.39 is 28.5 Å². The summed E-state index contributed by atoms with van der Waals surface area (Å²) in [6, 6.07) is 19.1. The topological polar surface area (TPSA) is 96.0 Å². The van der Waals surface area contributed by atoms with Gasteiger partial charge in [0, 0.05) is 18.1 Å². The van der Waals surface area contributed by atoms with Crippen LogP contribution in [0.15, 0.2) is 77.7 Å². The van der Waals surface area contributed by atoms with Crippen LogP contribution in [0.25, 0.3) is 0 Å². The minimum absolute atomic E-state index is 0.00179. The first-order chi connectivity index (χ1) is 18.6. The van der Waals surface area contributed by atoms with Gasteiger partial charge in [-0.25, -0.2) is 8.42 Å². The van der Waals surface area contributed by atoms with Crippen LogP contribution >= 0.6 is 11.6 Å². The van der Waals surface area contributed by atoms with E-state index in [-0.39, 0.29) is 17.3 Å². The smallest absolute Gasteiger partial charge is 0.264 e. The Balaban J connectivity index is 2.08. The summed E-state index contributed by atoms with van der Waals surface area (Å²) < 4.78 is 34.2. The molecule has 1 N–H and O–H groups in total. The number of hydrogen-bond acceptors (Lipinski definition) is 5. The summed E-state index contributed by atoms with van der Waals surface area (Å²) in [5, 5.41) is 3.19. The molecule has 3 aromatic carbocycles. The second-order valence-corrected chi connectivity index (χ2v) is 11.2. The van der Waals surface area contributed by atoms with Crippen LogP contribution in [0.5, 0.6) is 5.75 Å². The number of hydrogen-bond donors (Lipinski definition) is 1. The molecule has 0 aliphatic heterocycles. The molecule has 39 heavy (non-hydrogen) atoms. The molecule has 0 saturated carbocycles. The van der Waals surface area contributed by atoms with Crippen LogP contribution in [0.2, 0.25) is 5.02 Å².